The van der Waals surface area contributed by atoms with Gasteiger partial charge in [-0.15, -0.1) is 0 Å². The normalized spacial score (nSPS) is 13.0. The lowest BCUT2D eigenvalue weighted by Gasteiger charge is -2.31. The Morgan fingerprint density at radius 1 is 1.00 bits per heavy atom. The minimum absolute atomic E-state index is 0.353. The molecule has 2 amide bonds. The van der Waals surface area contributed by atoms with Crippen molar-refractivity contribution in [1.29, 1.82) is 0 Å². The largest absolute Gasteiger partial charge is 0.371 e. The fourth-order valence-electron chi connectivity index (χ4n) is 3.65. The SMILES string of the molecule is CCCN1CCCc2cc(CCNC(=O)C(=O)NCc3ccccc3)ccc21. The highest BCUT2D eigenvalue weighted by atomic mass is 16.2. The quantitative estimate of drug-likeness (QED) is 0.727. The lowest BCUT2D eigenvalue weighted by molar-refractivity contribution is -0.139. The molecule has 0 saturated heterocycles. The number of nitrogens with one attached hydrogen (secondary N) is 2. The fourth-order valence-corrected chi connectivity index (χ4v) is 3.65. The maximum Gasteiger partial charge on any atom is 0.309 e. The second-order valence-electron chi connectivity index (χ2n) is 7.23. The Morgan fingerprint density at radius 3 is 2.57 bits per heavy atom. The summed E-state index contributed by atoms with van der Waals surface area (Å²) in [7, 11) is 0. The van der Waals surface area contributed by atoms with Gasteiger partial charge in [0.25, 0.3) is 0 Å². The summed E-state index contributed by atoms with van der Waals surface area (Å²) in [5.41, 5.74) is 4.90. The predicted octanol–water partition coefficient (Wildman–Crippen LogP) is 2.82. The number of amides is 2. The van der Waals surface area contributed by atoms with Crippen LogP contribution in [0, 0.1) is 0 Å². The van der Waals surface area contributed by atoms with E-state index in [1.165, 1.54) is 23.2 Å². The molecule has 0 spiro atoms. The highest BCUT2D eigenvalue weighted by Crippen LogP contribution is 2.28. The molecule has 2 aromatic rings. The lowest BCUT2D eigenvalue weighted by atomic mass is 9.98. The van der Waals surface area contributed by atoms with Crippen molar-refractivity contribution in [2.75, 3.05) is 24.5 Å². The predicted molar refractivity (Wildman–Crippen MR) is 112 cm³/mol. The van der Waals surface area contributed by atoms with Crippen LogP contribution < -0.4 is 15.5 Å². The van der Waals surface area contributed by atoms with Crippen LogP contribution >= 0.6 is 0 Å². The van der Waals surface area contributed by atoms with Crippen LogP contribution in [0.3, 0.4) is 0 Å². The molecule has 148 valence electrons. The monoisotopic (exact) mass is 379 g/mol. The molecule has 0 saturated carbocycles. The van der Waals surface area contributed by atoms with E-state index < -0.39 is 11.8 Å². The molecule has 0 unspecified atom stereocenters. The number of anilines is 1. The molecule has 28 heavy (non-hydrogen) atoms. The number of rotatable bonds is 7. The second-order valence-corrected chi connectivity index (χ2v) is 7.23. The van der Waals surface area contributed by atoms with E-state index in [2.05, 4.69) is 40.7 Å². The van der Waals surface area contributed by atoms with E-state index in [-0.39, 0.29) is 0 Å². The van der Waals surface area contributed by atoms with E-state index in [4.69, 9.17) is 0 Å². The zero-order chi connectivity index (χ0) is 19.8. The number of carbonyl (C=O) groups is 2. The van der Waals surface area contributed by atoms with Crippen LogP contribution in [0.5, 0.6) is 0 Å². The van der Waals surface area contributed by atoms with E-state index in [0.717, 1.165) is 37.9 Å². The van der Waals surface area contributed by atoms with E-state index in [1.807, 2.05) is 30.3 Å². The Morgan fingerprint density at radius 2 is 1.79 bits per heavy atom. The van der Waals surface area contributed by atoms with Crippen LogP contribution in [-0.4, -0.2) is 31.4 Å². The molecule has 0 bridgehead atoms. The maximum atomic E-state index is 12.0. The third-order valence-corrected chi connectivity index (χ3v) is 5.05. The van der Waals surface area contributed by atoms with Crippen molar-refractivity contribution in [3.63, 3.8) is 0 Å². The van der Waals surface area contributed by atoms with Crippen molar-refractivity contribution in [2.45, 2.75) is 39.2 Å². The van der Waals surface area contributed by atoms with Crippen LogP contribution in [-0.2, 0) is 29.0 Å². The molecule has 1 aliphatic rings. The summed E-state index contributed by atoms with van der Waals surface area (Å²) in [6.45, 7) is 5.25. The highest BCUT2D eigenvalue weighted by Gasteiger charge is 2.16. The van der Waals surface area contributed by atoms with E-state index in [9.17, 15) is 9.59 Å². The summed E-state index contributed by atoms with van der Waals surface area (Å²) in [6.07, 6.45) is 4.17. The van der Waals surface area contributed by atoms with E-state index >= 15 is 0 Å². The van der Waals surface area contributed by atoms with Gasteiger partial charge in [0.05, 0.1) is 0 Å². The summed E-state index contributed by atoms with van der Waals surface area (Å²) in [5, 5.41) is 5.36. The molecule has 0 radical (unpaired) electrons. The number of fused-ring (bicyclic) bond motifs is 1. The zero-order valence-corrected chi connectivity index (χ0v) is 16.5. The van der Waals surface area contributed by atoms with Crippen molar-refractivity contribution in [3.05, 3.63) is 65.2 Å². The van der Waals surface area contributed by atoms with Gasteiger partial charge in [-0.1, -0.05) is 49.4 Å². The molecule has 0 atom stereocenters. The smallest absolute Gasteiger partial charge is 0.309 e. The van der Waals surface area contributed by atoms with Gasteiger partial charge >= 0.3 is 11.8 Å². The number of carbonyl (C=O) groups excluding carboxylic acids is 2. The van der Waals surface area contributed by atoms with Gasteiger partial charge in [0, 0.05) is 31.9 Å². The lowest BCUT2D eigenvalue weighted by Crippen LogP contribution is -2.40. The van der Waals surface area contributed by atoms with Crippen molar-refractivity contribution < 1.29 is 9.59 Å². The Kier molecular flexibility index (Phi) is 7.06. The average molecular weight is 380 g/mol. The van der Waals surface area contributed by atoms with Crippen LogP contribution in [0.2, 0.25) is 0 Å². The molecule has 1 aliphatic heterocycles. The molecule has 1 heterocycles. The van der Waals surface area contributed by atoms with Crippen LogP contribution in [0.1, 0.15) is 36.5 Å². The first kappa shape index (κ1) is 19.9. The van der Waals surface area contributed by atoms with Gasteiger partial charge < -0.3 is 15.5 Å². The summed E-state index contributed by atoms with van der Waals surface area (Å²) < 4.78 is 0. The number of benzene rings is 2. The average Bonchev–Trinajstić information content (AvgIpc) is 2.73. The van der Waals surface area contributed by atoms with Gasteiger partial charge in [0.2, 0.25) is 0 Å². The molecular formula is C23H29N3O2. The molecule has 2 aromatic carbocycles. The van der Waals surface area contributed by atoms with Gasteiger partial charge in [0.1, 0.15) is 0 Å². The standard InChI is InChI=1S/C23H29N3O2/c1-2-14-26-15-6-9-20-16-18(10-11-21(20)26)12-13-24-22(27)23(28)25-17-19-7-4-3-5-8-19/h3-5,7-8,10-11,16H,2,6,9,12-15,17H2,1H3,(H,24,27)(H,25,28). The first-order chi connectivity index (χ1) is 13.7. The van der Waals surface area contributed by atoms with Gasteiger partial charge in [-0.05, 0) is 48.4 Å². The Balaban J connectivity index is 1.45. The van der Waals surface area contributed by atoms with Crippen LogP contribution in [0.25, 0.3) is 0 Å². The number of hydrogen-bond acceptors (Lipinski definition) is 3. The van der Waals surface area contributed by atoms with E-state index in [0.29, 0.717) is 13.1 Å². The summed E-state index contributed by atoms with van der Waals surface area (Å²) >= 11 is 0. The van der Waals surface area contributed by atoms with Crippen molar-refractivity contribution in [2.24, 2.45) is 0 Å². The number of aryl methyl sites for hydroxylation is 1. The van der Waals surface area contributed by atoms with Gasteiger partial charge in [-0.3, -0.25) is 9.59 Å². The third-order valence-electron chi connectivity index (χ3n) is 5.05. The zero-order valence-electron chi connectivity index (χ0n) is 16.5. The highest BCUT2D eigenvalue weighted by molar-refractivity contribution is 6.35. The molecule has 2 N–H and O–H groups in total. The van der Waals surface area contributed by atoms with Gasteiger partial charge in [-0.2, -0.15) is 0 Å². The Hall–Kier alpha value is -2.82. The molecular weight excluding hydrogens is 350 g/mol. The number of hydrogen-bond donors (Lipinski definition) is 2. The van der Waals surface area contributed by atoms with Crippen molar-refractivity contribution in [1.82, 2.24) is 10.6 Å². The first-order valence-corrected chi connectivity index (χ1v) is 10.1. The summed E-state index contributed by atoms with van der Waals surface area (Å²) in [6, 6.07) is 16.1. The van der Waals surface area contributed by atoms with Gasteiger partial charge in [0.15, 0.2) is 0 Å². The third kappa shape index (κ3) is 5.35. The first-order valence-electron chi connectivity index (χ1n) is 10.1. The molecule has 0 fully saturated rings. The fraction of sp³-hybridized carbons (Fsp3) is 0.391. The van der Waals surface area contributed by atoms with Crippen LogP contribution in [0.4, 0.5) is 5.69 Å². The topological polar surface area (TPSA) is 61.4 Å². The molecule has 5 nitrogen and oxygen atoms in total. The number of nitrogens with zero attached hydrogens (tertiary/aromatic N) is 1. The van der Waals surface area contributed by atoms with Crippen LogP contribution in [0.15, 0.2) is 48.5 Å². The molecule has 0 aromatic heterocycles. The molecule has 3 rings (SSSR count). The maximum absolute atomic E-state index is 12.0. The molecule has 5 heteroatoms. The minimum atomic E-state index is -0.593. The van der Waals surface area contributed by atoms with Gasteiger partial charge in [-0.25, -0.2) is 0 Å². The Bertz CT molecular complexity index is 805. The van der Waals surface area contributed by atoms with Crippen molar-refractivity contribution in [3.8, 4) is 0 Å². The minimum Gasteiger partial charge on any atom is -0.371 e. The summed E-state index contributed by atoms with van der Waals surface area (Å²) in [4.78, 5) is 26.4. The summed E-state index contributed by atoms with van der Waals surface area (Å²) in [5.74, 6) is -1.17. The Labute approximate surface area is 167 Å². The molecule has 0 aliphatic carbocycles. The van der Waals surface area contributed by atoms with E-state index in [1.54, 1.807) is 0 Å². The second kappa shape index (κ2) is 9.93. The van der Waals surface area contributed by atoms with Crippen molar-refractivity contribution >= 4 is 17.5 Å².